The van der Waals surface area contributed by atoms with Crippen LogP contribution in [0.3, 0.4) is 0 Å². The molecular weight excluding hydrogens is 312 g/mol. The zero-order valence-electron chi connectivity index (χ0n) is 15.1. The highest BCUT2D eigenvalue weighted by atomic mass is 15.3. The van der Waals surface area contributed by atoms with Crippen LogP contribution in [0.4, 0.5) is 5.82 Å². The number of rotatable bonds is 2. The third-order valence-electron chi connectivity index (χ3n) is 4.71. The van der Waals surface area contributed by atoms with Gasteiger partial charge in [-0.05, 0) is 45.9 Å². The number of nitrogens with zero attached hydrogens (tertiary/aromatic N) is 5. The Morgan fingerprint density at radius 3 is 2.56 bits per heavy atom. The van der Waals surface area contributed by atoms with Crippen molar-refractivity contribution in [3.05, 3.63) is 41.3 Å². The molecule has 1 saturated heterocycles. The standard InChI is InChI=1S/C19H24N6/c1-13-5-7-16(8-6-13)25-19-17(14(2)23-25)18(21-15(3)22-19)24-11-4-9-20-10-12-24/h5-8,20H,4,9-12H2,1-3H3. The molecule has 130 valence electrons. The van der Waals surface area contributed by atoms with Crippen LogP contribution in [0.1, 0.15) is 23.5 Å². The summed E-state index contributed by atoms with van der Waals surface area (Å²) in [4.78, 5) is 11.9. The number of hydrogen-bond acceptors (Lipinski definition) is 5. The number of anilines is 1. The molecule has 0 amide bonds. The smallest absolute Gasteiger partial charge is 0.168 e. The molecule has 25 heavy (non-hydrogen) atoms. The van der Waals surface area contributed by atoms with Crippen LogP contribution in [-0.4, -0.2) is 45.9 Å². The summed E-state index contributed by atoms with van der Waals surface area (Å²) in [5.41, 5.74) is 4.13. The molecule has 0 bridgehead atoms. The van der Waals surface area contributed by atoms with Gasteiger partial charge in [0.25, 0.3) is 0 Å². The van der Waals surface area contributed by atoms with Crippen LogP contribution in [-0.2, 0) is 0 Å². The Morgan fingerprint density at radius 2 is 1.76 bits per heavy atom. The van der Waals surface area contributed by atoms with Crippen molar-refractivity contribution in [3.8, 4) is 5.69 Å². The molecule has 6 heteroatoms. The molecule has 1 aliphatic heterocycles. The van der Waals surface area contributed by atoms with E-state index in [-0.39, 0.29) is 0 Å². The lowest BCUT2D eigenvalue weighted by molar-refractivity contribution is 0.724. The fourth-order valence-corrected chi connectivity index (χ4v) is 3.42. The Bertz CT molecular complexity index is 888. The second kappa shape index (κ2) is 6.44. The normalized spacial score (nSPS) is 15.6. The Kier molecular flexibility index (Phi) is 4.13. The average Bonchev–Trinajstić information content (AvgIpc) is 2.78. The minimum absolute atomic E-state index is 0.785. The van der Waals surface area contributed by atoms with E-state index in [0.717, 1.165) is 66.7 Å². The maximum absolute atomic E-state index is 4.78. The molecule has 1 fully saturated rings. The van der Waals surface area contributed by atoms with Gasteiger partial charge in [-0.25, -0.2) is 14.6 Å². The first-order chi connectivity index (χ1) is 12.1. The highest BCUT2D eigenvalue weighted by Crippen LogP contribution is 2.29. The number of fused-ring (bicyclic) bond motifs is 1. The summed E-state index contributed by atoms with van der Waals surface area (Å²) in [5.74, 6) is 1.80. The van der Waals surface area contributed by atoms with Gasteiger partial charge < -0.3 is 10.2 Å². The van der Waals surface area contributed by atoms with Crippen LogP contribution in [0.15, 0.2) is 24.3 Å². The van der Waals surface area contributed by atoms with Crippen LogP contribution in [0.25, 0.3) is 16.7 Å². The molecule has 0 radical (unpaired) electrons. The van der Waals surface area contributed by atoms with E-state index in [2.05, 4.69) is 41.4 Å². The first kappa shape index (κ1) is 16.0. The molecule has 0 spiro atoms. The van der Waals surface area contributed by atoms with Crippen LogP contribution < -0.4 is 10.2 Å². The van der Waals surface area contributed by atoms with Gasteiger partial charge in [-0.2, -0.15) is 5.10 Å². The van der Waals surface area contributed by atoms with E-state index in [9.17, 15) is 0 Å². The summed E-state index contributed by atoms with van der Waals surface area (Å²) in [6, 6.07) is 8.39. The van der Waals surface area contributed by atoms with Gasteiger partial charge in [-0.15, -0.1) is 0 Å². The summed E-state index contributed by atoms with van der Waals surface area (Å²) < 4.78 is 1.94. The number of aryl methyl sites for hydroxylation is 3. The summed E-state index contributed by atoms with van der Waals surface area (Å²) in [7, 11) is 0. The predicted octanol–water partition coefficient (Wildman–Crippen LogP) is 2.54. The maximum Gasteiger partial charge on any atom is 0.168 e. The molecule has 6 nitrogen and oxygen atoms in total. The minimum Gasteiger partial charge on any atom is -0.355 e. The largest absolute Gasteiger partial charge is 0.355 e. The van der Waals surface area contributed by atoms with Crippen LogP contribution in [0, 0.1) is 20.8 Å². The lowest BCUT2D eigenvalue weighted by Gasteiger charge is -2.22. The maximum atomic E-state index is 4.78. The second-order valence-corrected chi connectivity index (χ2v) is 6.72. The predicted molar refractivity (Wildman–Crippen MR) is 101 cm³/mol. The van der Waals surface area contributed by atoms with E-state index in [0.29, 0.717) is 0 Å². The fourth-order valence-electron chi connectivity index (χ4n) is 3.42. The zero-order valence-corrected chi connectivity index (χ0v) is 15.1. The Hall–Kier alpha value is -2.47. The van der Waals surface area contributed by atoms with E-state index < -0.39 is 0 Å². The van der Waals surface area contributed by atoms with Crippen molar-refractivity contribution in [1.82, 2.24) is 25.1 Å². The molecule has 1 aromatic carbocycles. The SMILES string of the molecule is Cc1ccc(-n2nc(C)c3c(N4CCCNCC4)nc(C)nc32)cc1. The van der Waals surface area contributed by atoms with Crippen LogP contribution in [0.5, 0.6) is 0 Å². The fraction of sp³-hybridized carbons (Fsp3) is 0.421. The molecule has 0 aliphatic carbocycles. The van der Waals surface area contributed by atoms with E-state index in [1.54, 1.807) is 0 Å². The lowest BCUT2D eigenvalue weighted by atomic mass is 10.2. The number of hydrogen-bond donors (Lipinski definition) is 1. The van der Waals surface area contributed by atoms with Crippen molar-refractivity contribution in [2.75, 3.05) is 31.1 Å². The summed E-state index contributed by atoms with van der Waals surface area (Å²) in [6.45, 7) is 10.1. The first-order valence-electron chi connectivity index (χ1n) is 8.90. The molecule has 1 aliphatic rings. The minimum atomic E-state index is 0.785. The van der Waals surface area contributed by atoms with Gasteiger partial charge in [0.15, 0.2) is 5.65 Å². The molecule has 0 unspecified atom stereocenters. The second-order valence-electron chi connectivity index (χ2n) is 6.72. The Labute approximate surface area is 147 Å². The van der Waals surface area contributed by atoms with Gasteiger partial charge in [-0.3, -0.25) is 0 Å². The molecule has 0 atom stereocenters. The molecule has 3 aromatic rings. The van der Waals surface area contributed by atoms with Gasteiger partial charge in [0.2, 0.25) is 0 Å². The molecule has 1 N–H and O–H groups in total. The van der Waals surface area contributed by atoms with Gasteiger partial charge in [0.1, 0.15) is 11.6 Å². The lowest BCUT2D eigenvalue weighted by Crippen LogP contribution is -2.29. The van der Waals surface area contributed by atoms with Crippen molar-refractivity contribution >= 4 is 16.9 Å². The molecule has 4 rings (SSSR count). The van der Waals surface area contributed by atoms with Crippen molar-refractivity contribution in [2.45, 2.75) is 27.2 Å². The van der Waals surface area contributed by atoms with E-state index in [1.165, 1.54) is 5.56 Å². The summed E-state index contributed by atoms with van der Waals surface area (Å²) >= 11 is 0. The number of aromatic nitrogens is 4. The third kappa shape index (κ3) is 2.98. The Balaban J connectivity index is 1.89. The van der Waals surface area contributed by atoms with Gasteiger partial charge in [0, 0.05) is 19.6 Å². The molecule has 2 aromatic heterocycles. The van der Waals surface area contributed by atoms with E-state index in [1.807, 2.05) is 18.5 Å². The van der Waals surface area contributed by atoms with Gasteiger partial charge in [-0.1, -0.05) is 17.7 Å². The third-order valence-corrected chi connectivity index (χ3v) is 4.71. The monoisotopic (exact) mass is 336 g/mol. The average molecular weight is 336 g/mol. The molecule has 3 heterocycles. The van der Waals surface area contributed by atoms with Crippen LogP contribution >= 0.6 is 0 Å². The topological polar surface area (TPSA) is 58.9 Å². The Morgan fingerprint density at radius 1 is 0.960 bits per heavy atom. The first-order valence-corrected chi connectivity index (χ1v) is 8.90. The van der Waals surface area contributed by atoms with Crippen molar-refractivity contribution in [3.63, 3.8) is 0 Å². The quantitative estimate of drug-likeness (QED) is 0.779. The number of benzene rings is 1. The summed E-state index contributed by atoms with van der Waals surface area (Å²) in [5, 5.41) is 9.30. The van der Waals surface area contributed by atoms with Gasteiger partial charge in [0.05, 0.1) is 16.8 Å². The van der Waals surface area contributed by atoms with Crippen LogP contribution in [0.2, 0.25) is 0 Å². The van der Waals surface area contributed by atoms with E-state index in [4.69, 9.17) is 15.1 Å². The van der Waals surface area contributed by atoms with E-state index >= 15 is 0 Å². The van der Waals surface area contributed by atoms with Gasteiger partial charge >= 0.3 is 0 Å². The number of nitrogens with one attached hydrogen (secondary N) is 1. The highest BCUT2D eigenvalue weighted by molar-refractivity contribution is 5.91. The summed E-state index contributed by atoms with van der Waals surface area (Å²) in [6.07, 6.45) is 1.12. The van der Waals surface area contributed by atoms with Crippen molar-refractivity contribution in [2.24, 2.45) is 0 Å². The highest BCUT2D eigenvalue weighted by Gasteiger charge is 2.21. The molecular formula is C19H24N6. The molecule has 0 saturated carbocycles. The zero-order chi connectivity index (χ0) is 17.4. The van der Waals surface area contributed by atoms with Crippen molar-refractivity contribution < 1.29 is 0 Å². The van der Waals surface area contributed by atoms with Crippen molar-refractivity contribution in [1.29, 1.82) is 0 Å².